The number of unbranched alkanes of at least 4 members (excludes halogenated alkanes) is 1. The molecule has 0 saturated carbocycles. The van der Waals surface area contributed by atoms with E-state index in [1.54, 1.807) is 0 Å². The molecule has 2 heteroatoms. The smallest absolute Gasteiger partial charge is 0.0132 e. The van der Waals surface area contributed by atoms with Crippen LogP contribution >= 0.6 is 0 Å². The van der Waals surface area contributed by atoms with Crippen LogP contribution in [0, 0.1) is 11.8 Å². The summed E-state index contributed by atoms with van der Waals surface area (Å²) in [5, 5.41) is 3.76. The first-order chi connectivity index (χ1) is 7.79. The quantitative estimate of drug-likeness (QED) is 0.774. The van der Waals surface area contributed by atoms with E-state index in [1.807, 2.05) is 0 Å². The molecule has 1 aliphatic rings. The molecule has 2 nitrogen and oxygen atoms in total. The Morgan fingerprint density at radius 1 is 1.18 bits per heavy atom. The molecule has 1 fully saturated rings. The van der Waals surface area contributed by atoms with Crippen molar-refractivity contribution in [3.8, 4) is 0 Å². The SMILES string of the molecule is CCCCC(CN)C1CC(C)(C)NC(C)(C)C1. The van der Waals surface area contributed by atoms with Crippen LogP contribution in [0.15, 0.2) is 0 Å². The average Bonchev–Trinajstić information content (AvgIpc) is 2.14. The van der Waals surface area contributed by atoms with Crippen LogP contribution in [0.1, 0.15) is 66.7 Å². The maximum atomic E-state index is 6.00. The molecule has 102 valence electrons. The lowest BCUT2D eigenvalue weighted by atomic mass is 9.70. The Balaban J connectivity index is 2.67. The summed E-state index contributed by atoms with van der Waals surface area (Å²) in [4.78, 5) is 0. The summed E-state index contributed by atoms with van der Waals surface area (Å²) in [5.41, 5.74) is 6.51. The second-order valence-electron chi connectivity index (χ2n) is 7.20. The minimum atomic E-state index is 0.256. The zero-order chi connectivity index (χ0) is 13.1. The van der Waals surface area contributed by atoms with Crippen molar-refractivity contribution in [1.82, 2.24) is 5.32 Å². The highest BCUT2D eigenvalue weighted by Gasteiger charge is 2.39. The van der Waals surface area contributed by atoms with E-state index in [0.29, 0.717) is 0 Å². The highest BCUT2D eigenvalue weighted by molar-refractivity contribution is 4.98. The fraction of sp³-hybridized carbons (Fsp3) is 1.00. The van der Waals surface area contributed by atoms with Crippen molar-refractivity contribution in [3.05, 3.63) is 0 Å². The van der Waals surface area contributed by atoms with E-state index in [2.05, 4.69) is 39.9 Å². The Bertz CT molecular complexity index is 217. The summed E-state index contributed by atoms with van der Waals surface area (Å²) >= 11 is 0. The van der Waals surface area contributed by atoms with Gasteiger partial charge in [-0.25, -0.2) is 0 Å². The van der Waals surface area contributed by atoms with Gasteiger partial charge in [0.2, 0.25) is 0 Å². The van der Waals surface area contributed by atoms with Gasteiger partial charge >= 0.3 is 0 Å². The Labute approximate surface area is 108 Å². The lowest BCUT2D eigenvalue weighted by Crippen LogP contribution is -2.59. The third-order valence-electron chi connectivity index (χ3n) is 4.12. The molecule has 0 amide bonds. The predicted molar refractivity (Wildman–Crippen MR) is 76.1 cm³/mol. The molecule has 0 radical (unpaired) electrons. The number of rotatable bonds is 5. The number of hydrogen-bond acceptors (Lipinski definition) is 2. The molecule has 0 aromatic carbocycles. The molecule has 1 heterocycles. The molecule has 1 atom stereocenters. The summed E-state index contributed by atoms with van der Waals surface area (Å²) in [5.74, 6) is 1.51. The van der Waals surface area contributed by atoms with Crippen LogP contribution in [0.25, 0.3) is 0 Å². The van der Waals surface area contributed by atoms with E-state index in [-0.39, 0.29) is 11.1 Å². The summed E-state index contributed by atoms with van der Waals surface area (Å²) in [6.07, 6.45) is 6.45. The zero-order valence-corrected chi connectivity index (χ0v) is 12.5. The maximum absolute atomic E-state index is 6.00. The Kier molecular flexibility index (Phi) is 5.03. The summed E-state index contributed by atoms with van der Waals surface area (Å²) in [7, 11) is 0. The third kappa shape index (κ3) is 4.59. The molecule has 1 unspecified atom stereocenters. The fourth-order valence-corrected chi connectivity index (χ4v) is 3.75. The van der Waals surface area contributed by atoms with Crippen molar-refractivity contribution >= 4 is 0 Å². The van der Waals surface area contributed by atoms with Crippen molar-refractivity contribution in [3.63, 3.8) is 0 Å². The van der Waals surface area contributed by atoms with E-state index < -0.39 is 0 Å². The zero-order valence-electron chi connectivity index (χ0n) is 12.5. The molecule has 1 rings (SSSR count). The van der Waals surface area contributed by atoms with E-state index in [4.69, 9.17) is 5.73 Å². The van der Waals surface area contributed by atoms with Gasteiger partial charge in [-0.05, 0) is 65.3 Å². The molecule has 3 N–H and O–H groups in total. The van der Waals surface area contributed by atoms with Gasteiger partial charge < -0.3 is 11.1 Å². The van der Waals surface area contributed by atoms with Crippen molar-refractivity contribution in [2.24, 2.45) is 17.6 Å². The van der Waals surface area contributed by atoms with Crippen molar-refractivity contribution < 1.29 is 0 Å². The van der Waals surface area contributed by atoms with Crippen LogP contribution < -0.4 is 11.1 Å². The minimum Gasteiger partial charge on any atom is -0.330 e. The molecular weight excluding hydrogens is 208 g/mol. The molecule has 0 bridgehead atoms. The number of piperidine rings is 1. The van der Waals surface area contributed by atoms with E-state index >= 15 is 0 Å². The molecule has 1 aliphatic heterocycles. The van der Waals surface area contributed by atoms with Crippen LogP contribution in [0.4, 0.5) is 0 Å². The van der Waals surface area contributed by atoms with Gasteiger partial charge in [-0.1, -0.05) is 19.8 Å². The number of nitrogens with two attached hydrogens (primary N) is 1. The highest BCUT2D eigenvalue weighted by Crippen LogP contribution is 2.38. The van der Waals surface area contributed by atoms with Gasteiger partial charge in [0.15, 0.2) is 0 Å². The van der Waals surface area contributed by atoms with E-state index in [9.17, 15) is 0 Å². The first-order valence-electron chi connectivity index (χ1n) is 7.29. The van der Waals surface area contributed by atoms with Gasteiger partial charge in [-0.3, -0.25) is 0 Å². The fourth-order valence-electron chi connectivity index (χ4n) is 3.75. The Hall–Kier alpha value is -0.0800. The summed E-state index contributed by atoms with van der Waals surface area (Å²) < 4.78 is 0. The van der Waals surface area contributed by atoms with Gasteiger partial charge in [-0.2, -0.15) is 0 Å². The molecule has 0 aromatic rings. The minimum absolute atomic E-state index is 0.256. The van der Waals surface area contributed by atoms with Gasteiger partial charge in [-0.15, -0.1) is 0 Å². The lowest BCUT2D eigenvalue weighted by molar-refractivity contribution is 0.0908. The monoisotopic (exact) mass is 240 g/mol. The second kappa shape index (κ2) is 5.71. The first-order valence-corrected chi connectivity index (χ1v) is 7.29. The summed E-state index contributed by atoms with van der Waals surface area (Å²) in [6.45, 7) is 12.4. The van der Waals surface area contributed by atoms with Crippen molar-refractivity contribution in [2.75, 3.05) is 6.54 Å². The van der Waals surface area contributed by atoms with Crippen molar-refractivity contribution in [1.29, 1.82) is 0 Å². The van der Waals surface area contributed by atoms with Gasteiger partial charge in [0.1, 0.15) is 0 Å². The van der Waals surface area contributed by atoms with E-state index in [1.165, 1.54) is 32.1 Å². The normalized spacial score (nSPS) is 25.8. The van der Waals surface area contributed by atoms with Crippen molar-refractivity contribution in [2.45, 2.75) is 77.8 Å². The van der Waals surface area contributed by atoms with Crippen LogP contribution in [-0.2, 0) is 0 Å². The first kappa shape index (κ1) is 15.0. The molecule has 0 spiro atoms. The van der Waals surface area contributed by atoms with Crippen LogP contribution in [-0.4, -0.2) is 17.6 Å². The molecule has 1 saturated heterocycles. The number of nitrogens with one attached hydrogen (secondary N) is 1. The highest BCUT2D eigenvalue weighted by atomic mass is 15.0. The molecule has 0 aromatic heterocycles. The molecule has 0 aliphatic carbocycles. The largest absolute Gasteiger partial charge is 0.330 e. The van der Waals surface area contributed by atoms with Gasteiger partial charge in [0.05, 0.1) is 0 Å². The predicted octanol–water partition coefficient (Wildman–Crippen LogP) is 3.31. The third-order valence-corrected chi connectivity index (χ3v) is 4.12. The van der Waals surface area contributed by atoms with Gasteiger partial charge in [0.25, 0.3) is 0 Å². The Morgan fingerprint density at radius 3 is 2.12 bits per heavy atom. The second-order valence-corrected chi connectivity index (χ2v) is 7.20. The lowest BCUT2D eigenvalue weighted by Gasteiger charge is -2.48. The Morgan fingerprint density at radius 2 is 1.71 bits per heavy atom. The van der Waals surface area contributed by atoms with E-state index in [0.717, 1.165) is 18.4 Å². The average molecular weight is 240 g/mol. The van der Waals surface area contributed by atoms with Crippen LogP contribution in [0.3, 0.4) is 0 Å². The maximum Gasteiger partial charge on any atom is 0.0132 e. The van der Waals surface area contributed by atoms with Crippen LogP contribution in [0.5, 0.6) is 0 Å². The summed E-state index contributed by atoms with van der Waals surface area (Å²) in [6, 6.07) is 0. The number of hydrogen-bond donors (Lipinski definition) is 2. The standard InChI is InChI=1S/C15H32N2/c1-6-7-8-12(11-16)13-9-14(2,3)17-15(4,5)10-13/h12-13,17H,6-11,16H2,1-5H3. The molecular formula is C15H32N2. The van der Waals surface area contributed by atoms with Gasteiger partial charge in [0, 0.05) is 11.1 Å². The topological polar surface area (TPSA) is 38.0 Å². The molecule has 17 heavy (non-hydrogen) atoms. The van der Waals surface area contributed by atoms with Crippen LogP contribution in [0.2, 0.25) is 0 Å².